The van der Waals surface area contributed by atoms with Crippen LogP contribution in [0.3, 0.4) is 0 Å². The van der Waals surface area contributed by atoms with Crippen LogP contribution in [0.5, 0.6) is 0 Å². The van der Waals surface area contributed by atoms with Gasteiger partial charge in [0.2, 0.25) is 0 Å². The monoisotopic (exact) mass is 227 g/mol. The van der Waals surface area contributed by atoms with Crippen LogP contribution in [-0.2, 0) is 0 Å². The highest BCUT2D eigenvalue weighted by atomic mass is 32.1. The van der Waals surface area contributed by atoms with E-state index in [9.17, 15) is 0 Å². The number of pyridine rings is 1. The van der Waals surface area contributed by atoms with Gasteiger partial charge in [0.15, 0.2) is 0 Å². The summed E-state index contributed by atoms with van der Waals surface area (Å²) in [7, 11) is 0. The van der Waals surface area contributed by atoms with Crippen molar-refractivity contribution in [2.45, 2.75) is 0 Å². The molecule has 0 saturated heterocycles. The lowest BCUT2D eigenvalue weighted by atomic mass is 10.4. The van der Waals surface area contributed by atoms with Crippen LogP contribution in [0.25, 0.3) is 17.8 Å². The van der Waals surface area contributed by atoms with Gasteiger partial charge in [-0.25, -0.2) is 9.97 Å². The Morgan fingerprint density at radius 3 is 3.06 bits per heavy atom. The Kier molecular flexibility index (Phi) is 2.27. The predicted octanol–water partition coefficient (Wildman–Crippen LogP) is 2.96. The molecule has 4 heteroatoms. The second-order valence-electron chi connectivity index (χ2n) is 3.32. The van der Waals surface area contributed by atoms with Crippen molar-refractivity contribution in [1.82, 2.24) is 14.4 Å². The molecule has 0 aliphatic heterocycles. The van der Waals surface area contributed by atoms with Crippen molar-refractivity contribution >= 4 is 29.1 Å². The summed E-state index contributed by atoms with van der Waals surface area (Å²) in [5, 5.41) is 2.97. The predicted molar refractivity (Wildman–Crippen MR) is 66.2 cm³/mol. The summed E-state index contributed by atoms with van der Waals surface area (Å²) in [5.41, 5.74) is 2.02. The maximum absolute atomic E-state index is 4.31. The molecule has 3 aromatic heterocycles. The number of hydrogen-bond donors (Lipinski definition) is 0. The molecule has 0 aliphatic carbocycles. The number of aromatic nitrogens is 3. The largest absolute Gasteiger partial charge is 0.300 e. The van der Waals surface area contributed by atoms with E-state index in [0.717, 1.165) is 16.3 Å². The lowest BCUT2D eigenvalue weighted by molar-refractivity contribution is 1.17. The molecular weight excluding hydrogens is 218 g/mol. The molecular formula is C12H9N3S. The van der Waals surface area contributed by atoms with E-state index < -0.39 is 0 Å². The zero-order valence-corrected chi connectivity index (χ0v) is 9.26. The molecule has 0 amide bonds. The Balaban J connectivity index is 2.01. The highest BCUT2D eigenvalue weighted by Crippen LogP contribution is 2.12. The molecule has 0 atom stereocenters. The first-order valence-electron chi connectivity index (χ1n) is 4.93. The summed E-state index contributed by atoms with van der Waals surface area (Å²) in [6.07, 6.45) is 9.70. The fraction of sp³-hybridized carbons (Fsp3) is 0. The van der Waals surface area contributed by atoms with Gasteiger partial charge in [0.25, 0.3) is 0 Å². The van der Waals surface area contributed by atoms with E-state index in [2.05, 4.69) is 9.97 Å². The average molecular weight is 227 g/mol. The van der Waals surface area contributed by atoms with Crippen molar-refractivity contribution in [2.24, 2.45) is 0 Å². The second-order valence-corrected chi connectivity index (χ2v) is 4.24. The fourth-order valence-corrected chi connectivity index (χ4v) is 2.08. The molecule has 78 valence electrons. The van der Waals surface area contributed by atoms with E-state index in [0.29, 0.717) is 0 Å². The molecule has 0 aromatic carbocycles. The standard InChI is InChI=1S/C12H9N3S/c1-2-7-15-10(9-14-11(15)3-1)4-5-12-13-6-8-16-12/h1-9H/b5-4+. The Morgan fingerprint density at radius 1 is 1.19 bits per heavy atom. The summed E-state index contributed by atoms with van der Waals surface area (Å²) in [6.45, 7) is 0. The summed E-state index contributed by atoms with van der Waals surface area (Å²) < 4.78 is 2.05. The van der Waals surface area contributed by atoms with Gasteiger partial charge in [-0.15, -0.1) is 11.3 Å². The minimum Gasteiger partial charge on any atom is -0.300 e. The Bertz CT molecular complexity index is 623. The van der Waals surface area contributed by atoms with Crippen LogP contribution in [0.4, 0.5) is 0 Å². The Labute approximate surface area is 96.7 Å². The molecule has 0 N–H and O–H groups in total. The van der Waals surface area contributed by atoms with Gasteiger partial charge in [0.1, 0.15) is 10.7 Å². The van der Waals surface area contributed by atoms with Crippen LogP contribution < -0.4 is 0 Å². The quantitative estimate of drug-likeness (QED) is 0.673. The van der Waals surface area contributed by atoms with E-state index >= 15 is 0 Å². The summed E-state index contributed by atoms with van der Waals surface area (Å²) in [5.74, 6) is 0. The molecule has 16 heavy (non-hydrogen) atoms. The third kappa shape index (κ3) is 1.63. The third-order valence-corrected chi connectivity index (χ3v) is 3.03. The maximum atomic E-state index is 4.31. The molecule has 0 unspecified atom stereocenters. The van der Waals surface area contributed by atoms with Crippen LogP contribution in [0, 0.1) is 0 Å². The molecule has 0 bridgehead atoms. The molecule has 0 spiro atoms. The first-order valence-corrected chi connectivity index (χ1v) is 5.81. The first kappa shape index (κ1) is 9.30. The average Bonchev–Trinajstić information content (AvgIpc) is 2.96. The van der Waals surface area contributed by atoms with Crippen LogP contribution in [0.15, 0.2) is 42.2 Å². The second kappa shape index (κ2) is 3.90. The first-order chi connectivity index (χ1) is 7.93. The van der Waals surface area contributed by atoms with Crippen molar-refractivity contribution in [2.75, 3.05) is 0 Å². The topological polar surface area (TPSA) is 30.2 Å². The molecule has 3 heterocycles. The molecule has 3 rings (SSSR count). The molecule has 3 nitrogen and oxygen atoms in total. The van der Waals surface area contributed by atoms with Crippen molar-refractivity contribution in [3.63, 3.8) is 0 Å². The van der Waals surface area contributed by atoms with Crippen molar-refractivity contribution in [1.29, 1.82) is 0 Å². The number of fused-ring (bicyclic) bond motifs is 1. The van der Waals surface area contributed by atoms with Gasteiger partial charge in [0, 0.05) is 17.8 Å². The van der Waals surface area contributed by atoms with E-state index in [1.807, 2.05) is 52.5 Å². The number of thiazole rings is 1. The molecule has 0 aliphatic rings. The van der Waals surface area contributed by atoms with Gasteiger partial charge >= 0.3 is 0 Å². The normalized spacial score (nSPS) is 11.5. The minimum atomic E-state index is 0.960. The van der Waals surface area contributed by atoms with Crippen LogP contribution in [-0.4, -0.2) is 14.4 Å². The minimum absolute atomic E-state index is 0.960. The third-order valence-electron chi connectivity index (χ3n) is 2.29. The number of rotatable bonds is 2. The van der Waals surface area contributed by atoms with Crippen molar-refractivity contribution < 1.29 is 0 Å². The van der Waals surface area contributed by atoms with Crippen molar-refractivity contribution in [3.8, 4) is 0 Å². The molecule has 0 saturated carbocycles. The van der Waals surface area contributed by atoms with E-state index in [4.69, 9.17) is 0 Å². The van der Waals surface area contributed by atoms with Gasteiger partial charge in [-0.05, 0) is 24.3 Å². The summed E-state index contributed by atoms with van der Waals surface area (Å²) in [4.78, 5) is 8.51. The molecule has 0 fully saturated rings. The number of nitrogens with zero attached hydrogens (tertiary/aromatic N) is 3. The van der Waals surface area contributed by atoms with Gasteiger partial charge < -0.3 is 4.40 Å². The smallest absolute Gasteiger partial charge is 0.137 e. The van der Waals surface area contributed by atoms with Crippen LogP contribution in [0.1, 0.15) is 10.7 Å². The number of hydrogen-bond acceptors (Lipinski definition) is 3. The van der Waals surface area contributed by atoms with Gasteiger partial charge in [-0.1, -0.05) is 6.07 Å². The highest BCUT2D eigenvalue weighted by molar-refractivity contribution is 7.10. The Hall–Kier alpha value is -1.94. The lowest BCUT2D eigenvalue weighted by Gasteiger charge is -1.94. The summed E-state index contributed by atoms with van der Waals surface area (Å²) in [6, 6.07) is 5.97. The van der Waals surface area contributed by atoms with Crippen LogP contribution >= 0.6 is 11.3 Å². The molecule has 0 radical (unpaired) electrons. The van der Waals surface area contributed by atoms with Crippen molar-refractivity contribution in [3.05, 3.63) is 52.9 Å². The van der Waals surface area contributed by atoms with Gasteiger partial charge in [-0.3, -0.25) is 0 Å². The summed E-state index contributed by atoms with van der Waals surface area (Å²) >= 11 is 1.62. The zero-order chi connectivity index (χ0) is 10.8. The molecule has 3 aromatic rings. The highest BCUT2D eigenvalue weighted by Gasteiger charge is 1.97. The zero-order valence-electron chi connectivity index (χ0n) is 8.45. The van der Waals surface area contributed by atoms with Crippen LogP contribution in [0.2, 0.25) is 0 Å². The lowest BCUT2D eigenvalue weighted by Crippen LogP contribution is -1.84. The fourth-order valence-electron chi connectivity index (χ4n) is 1.55. The van der Waals surface area contributed by atoms with E-state index in [1.54, 1.807) is 17.5 Å². The maximum Gasteiger partial charge on any atom is 0.137 e. The SMILES string of the molecule is C(=C\c1cnc2ccccn12)/c1nccs1. The number of imidazole rings is 1. The van der Waals surface area contributed by atoms with E-state index in [1.165, 1.54) is 0 Å². The van der Waals surface area contributed by atoms with Gasteiger partial charge in [0.05, 0.1) is 11.9 Å². The van der Waals surface area contributed by atoms with Gasteiger partial charge in [-0.2, -0.15) is 0 Å². The van der Waals surface area contributed by atoms with E-state index in [-0.39, 0.29) is 0 Å². The Morgan fingerprint density at radius 2 is 2.19 bits per heavy atom.